The first-order valence-corrected chi connectivity index (χ1v) is 7.39. The van der Waals surface area contributed by atoms with Crippen LogP contribution < -0.4 is 4.74 Å². The second-order valence-corrected chi connectivity index (χ2v) is 5.10. The number of ether oxygens (including phenoxy) is 2. The fraction of sp³-hybridized carbons (Fsp3) is 0.538. The van der Waals surface area contributed by atoms with Gasteiger partial charge in [0, 0.05) is 23.9 Å². The molecule has 1 atom stereocenters. The standard InChI is InChI=1S/C13H16BrClO2/c14-9-10-3-1-5-12(15)13(10)17-8-6-11-4-2-7-16-11/h1,3,5,11H,2,4,6-9H2. The highest BCUT2D eigenvalue weighted by molar-refractivity contribution is 9.08. The van der Waals surface area contributed by atoms with E-state index in [-0.39, 0.29) is 0 Å². The Morgan fingerprint density at radius 1 is 1.47 bits per heavy atom. The largest absolute Gasteiger partial charge is 0.492 e. The fourth-order valence-corrected chi connectivity index (χ4v) is 2.68. The first kappa shape index (κ1) is 13.2. The Labute approximate surface area is 115 Å². The van der Waals surface area contributed by atoms with Crippen LogP contribution in [0.15, 0.2) is 18.2 Å². The monoisotopic (exact) mass is 318 g/mol. The third-order valence-electron chi connectivity index (χ3n) is 2.90. The highest BCUT2D eigenvalue weighted by Gasteiger charge is 2.16. The molecule has 2 rings (SSSR count). The molecule has 17 heavy (non-hydrogen) atoms. The fourth-order valence-electron chi connectivity index (χ4n) is 1.98. The van der Waals surface area contributed by atoms with E-state index in [2.05, 4.69) is 15.9 Å². The number of benzene rings is 1. The van der Waals surface area contributed by atoms with Crippen molar-refractivity contribution in [3.05, 3.63) is 28.8 Å². The molecule has 0 amide bonds. The van der Waals surface area contributed by atoms with E-state index in [4.69, 9.17) is 21.1 Å². The smallest absolute Gasteiger partial charge is 0.141 e. The number of alkyl halides is 1. The number of hydrogen-bond donors (Lipinski definition) is 0. The average Bonchev–Trinajstić information content (AvgIpc) is 2.84. The summed E-state index contributed by atoms with van der Waals surface area (Å²) in [6.07, 6.45) is 3.62. The van der Waals surface area contributed by atoms with Crippen molar-refractivity contribution in [3.63, 3.8) is 0 Å². The Morgan fingerprint density at radius 3 is 3.06 bits per heavy atom. The third kappa shape index (κ3) is 3.60. The van der Waals surface area contributed by atoms with Gasteiger partial charge in [0.15, 0.2) is 0 Å². The molecule has 0 N–H and O–H groups in total. The SMILES string of the molecule is Clc1cccc(CBr)c1OCCC1CCCO1. The minimum absolute atomic E-state index is 0.366. The molecule has 1 aliphatic heterocycles. The summed E-state index contributed by atoms with van der Waals surface area (Å²) in [7, 11) is 0. The van der Waals surface area contributed by atoms with E-state index in [9.17, 15) is 0 Å². The zero-order valence-electron chi connectivity index (χ0n) is 9.62. The highest BCUT2D eigenvalue weighted by Crippen LogP contribution is 2.30. The molecule has 0 bridgehead atoms. The number of halogens is 2. The lowest BCUT2D eigenvalue weighted by Crippen LogP contribution is -2.11. The van der Waals surface area contributed by atoms with Crippen LogP contribution in [0.4, 0.5) is 0 Å². The van der Waals surface area contributed by atoms with Gasteiger partial charge >= 0.3 is 0 Å². The normalized spacial score (nSPS) is 19.5. The molecule has 0 aromatic heterocycles. The van der Waals surface area contributed by atoms with Gasteiger partial charge in [-0.3, -0.25) is 0 Å². The highest BCUT2D eigenvalue weighted by atomic mass is 79.9. The van der Waals surface area contributed by atoms with Crippen LogP contribution in [0.25, 0.3) is 0 Å². The molecular weight excluding hydrogens is 303 g/mol. The van der Waals surface area contributed by atoms with E-state index in [1.54, 1.807) is 0 Å². The summed E-state index contributed by atoms with van der Waals surface area (Å²) in [6.45, 7) is 1.55. The number of hydrogen-bond acceptors (Lipinski definition) is 2. The van der Waals surface area contributed by atoms with Crippen molar-refractivity contribution in [2.75, 3.05) is 13.2 Å². The van der Waals surface area contributed by atoms with Gasteiger partial charge in [-0.05, 0) is 18.9 Å². The van der Waals surface area contributed by atoms with Gasteiger partial charge in [0.1, 0.15) is 5.75 Å². The van der Waals surface area contributed by atoms with Crippen molar-refractivity contribution < 1.29 is 9.47 Å². The van der Waals surface area contributed by atoms with Crippen molar-refractivity contribution >= 4 is 27.5 Å². The molecule has 1 heterocycles. The number of para-hydroxylation sites is 1. The van der Waals surface area contributed by atoms with E-state index < -0.39 is 0 Å². The Balaban J connectivity index is 1.89. The number of rotatable bonds is 5. The van der Waals surface area contributed by atoms with Crippen LogP contribution in [-0.4, -0.2) is 19.3 Å². The van der Waals surface area contributed by atoms with Crippen LogP contribution in [0.5, 0.6) is 5.75 Å². The average molecular weight is 320 g/mol. The molecule has 0 saturated carbocycles. The minimum Gasteiger partial charge on any atom is -0.492 e. The van der Waals surface area contributed by atoms with Gasteiger partial charge in [0.05, 0.1) is 17.7 Å². The molecule has 1 aliphatic rings. The zero-order valence-corrected chi connectivity index (χ0v) is 12.0. The molecule has 1 aromatic rings. The molecule has 1 saturated heterocycles. The summed E-state index contributed by atoms with van der Waals surface area (Å²) in [6, 6.07) is 5.81. The Hall–Kier alpha value is -0.250. The van der Waals surface area contributed by atoms with E-state index in [0.29, 0.717) is 17.7 Å². The topological polar surface area (TPSA) is 18.5 Å². The maximum absolute atomic E-state index is 6.13. The van der Waals surface area contributed by atoms with Crippen LogP contribution in [0.1, 0.15) is 24.8 Å². The Kier molecular flexibility index (Phi) is 5.14. The Bertz CT molecular complexity index is 364. The zero-order chi connectivity index (χ0) is 12.1. The first-order valence-electron chi connectivity index (χ1n) is 5.89. The molecule has 1 unspecified atom stereocenters. The lowest BCUT2D eigenvalue weighted by molar-refractivity contribution is 0.0902. The van der Waals surface area contributed by atoms with Crippen molar-refractivity contribution in [2.24, 2.45) is 0 Å². The molecule has 0 spiro atoms. The summed E-state index contributed by atoms with van der Waals surface area (Å²) >= 11 is 9.56. The lowest BCUT2D eigenvalue weighted by Gasteiger charge is -2.14. The third-order valence-corrected chi connectivity index (χ3v) is 3.80. The van der Waals surface area contributed by atoms with Crippen molar-refractivity contribution in [2.45, 2.75) is 30.7 Å². The van der Waals surface area contributed by atoms with Gasteiger partial charge < -0.3 is 9.47 Å². The summed E-state index contributed by atoms with van der Waals surface area (Å²) in [5.74, 6) is 0.795. The van der Waals surface area contributed by atoms with E-state index >= 15 is 0 Å². The summed E-state index contributed by atoms with van der Waals surface area (Å²) in [5.41, 5.74) is 1.09. The molecule has 2 nitrogen and oxygen atoms in total. The van der Waals surface area contributed by atoms with Gasteiger partial charge in [-0.15, -0.1) is 0 Å². The molecular formula is C13H16BrClO2. The lowest BCUT2D eigenvalue weighted by atomic mass is 10.2. The molecule has 0 radical (unpaired) electrons. The maximum Gasteiger partial charge on any atom is 0.141 e. The van der Waals surface area contributed by atoms with Gasteiger partial charge in [-0.25, -0.2) is 0 Å². The predicted molar refractivity (Wildman–Crippen MR) is 73.2 cm³/mol. The van der Waals surface area contributed by atoms with Crippen molar-refractivity contribution in [1.29, 1.82) is 0 Å². The summed E-state index contributed by atoms with van der Waals surface area (Å²) in [5, 5.41) is 1.43. The minimum atomic E-state index is 0.366. The van der Waals surface area contributed by atoms with Crippen LogP contribution in [0, 0.1) is 0 Å². The van der Waals surface area contributed by atoms with Crippen LogP contribution >= 0.6 is 27.5 Å². The molecule has 1 aromatic carbocycles. The van der Waals surface area contributed by atoms with E-state index in [1.807, 2.05) is 18.2 Å². The quantitative estimate of drug-likeness (QED) is 0.758. The summed E-state index contributed by atoms with van der Waals surface area (Å²) in [4.78, 5) is 0. The maximum atomic E-state index is 6.13. The molecule has 1 fully saturated rings. The van der Waals surface area contributed by atoms with Crippen molar-refractivity contribution in [1.82, 2.24) is 0 Å². The van der Waals surface area contributed by atoms with Crippen LogP contribution in [0.3, 0.4) is 0 Å². The molecule has 4 heteroatoms. The van der Waals surface area contributed by atoms with Crippen molar-refractivity contribution in [3.8, 4) is 5.75 Å². The van der Waals surface area contributed by atoms with E-state index in [0.717, 1.165) is 36.1 Å². The van der Waals surface area contributed by atoms with Crippen LogP contribution in [-0.2, 0) is 10.1 Å². The molecule has 0 aliphatic carbocycles. The van der Waals surface area contributed by atoms with Gasteiger partial charge in [-0.2, -0.15) is 0 Å². The second-order valence-electron chi connectivity index (χ2n) is 4.13. The van der Waals surface area contributed by atoms with Gasteiger partial charge in [0.2, 0.25) is 0 Å². The van der Waals surface area contributed by atoms with Crippen LogP contribution in [0.2, 0.25) is 5.02 Å². The first-order chi connectivity index (χ1) is 8.31. The van der Waals surface area contributed by atoms with Gasteiger partial charge in [-0.1, -0.05) is 39.7 Å². The van der Waals surface area contributed by atoms with E-state index in [1.165, 1.54) is 6.42 Å². The summed E-state index contributed by atoms with van der Waals surface area (Å²) < 4.78 is 11.3. The Morgan fingerprint density at radius 2 is 2.35 bits per heavy atom. The second kappa shape index (κ2) is 6.62. The van der Waals surface area contributed by atoms with Gasteiger partial charge in [0.25, 0.3) is 0 Å². The molecule has 94 valence electrons. The predicted octanol–water partition coefficient (Wildman–Crippen LogP) is 4.18.